The van der Waals surface area contributed by atoms with Crippen LogP contribution in [0.5, 0.6) is 5.75 Å². The van der Waals surface area contributed by atoms with Crippen molar-refractivity contribution in [2.45, 2.75) is 20.5 Å². The van der Waals surface area contributed by atoms with Crippen LogP contribution in [0.3, 0.4) is 0 Å². The van der Waals surface area contributed by atoms with Gasteiger partial charge in [0.15, 0.2) is 5.75 Å². The van der Waals surface area contributed by atoms with Gasteiger partial charge < -0.3 is 19.2 Å². The third kappa shape index (κ3) is 8.01. The lowest BCUT2D eigenvalue weighted by molar-refractivity contribution is 0.102. The number of hydrogen-bond acceptors (Lipinski definition) is 6. The van der Waals surface area contributed by atoms with Crippen molar-refractivity contribution < 1.29 is 31.3 Å². The molecule has 2 aromatic carbocycles. The Balaban J connectivity index is 1.59. The highest BCUT2D eigenvalue weighted by molar-refractivity contribution is 7.92. The van der Waals surface area contributed by atoms with E-state index in [1.165, 1.54) is 42.6 Å². The maximum absolute atomic E-state index is 14.4. The second-order valence-corrected chi connectivity index (χ2v) is 15.7. The average molecular weight is 651 g/mol. The van der Waals surface area contributed by atoms with Crippen LogP contribution in [0.15, 0.2) is 60.9 Å². The minimum Gasteiger partial charge on any atom is -0.486 e. The lowest BCUT2D eigenvalue weighted by atomic mass is 10.2. The van der Waals surface area contributed by atoms with Gasteiger partial charge in [-0.3, -0.25) is 9.52 Å². The van der Waals surface area contributed by atoms with Gasteiger partial charge in [-0.25, -0.2) is 22.2 Å². The third-order valence-electron chi connectivity index (χ3n) is 6.62. The first-order chi connectivity index (χ1) is 20.2. The minimum absolute atomic E-state index is 0.0551. The molecule has 0 atom stereocenters. The number of benzene rings is 2. The number of pyridine rings is 1. The molecule has 4 aromatic rings. The molecule has 0 aliphatic carbocycles. The van der Waals surface area contributed by atoms with E-state index in [0.29, 0.717) is 28.9 Å². The summed E-state index contributed by atoms with van der Waals surface area (Å²) >= 11 is 6.10. The van der Waals surface area contributed by atoms with Crippen LogP contribution in [0.2, 0.25) is 5.02 Å². The molecule has 2 heterocycles. The van der Waals surface area contributed by atoms with E-state index in [1.54, 1.807) is 31.5 Å². The highest BCUT2D eigenvalue weighted by Gasteiger charge is 2.22. The molecule has 9 nitrogen and oxygen atoms in total. The summed E-state index contributed by atoms with van der Waals surface area (Å²) in [4.78, 5) is 17.3. The lowest BCUT2D eigenvalue weighted by Crippen LogP contribution is -2.13. The molecule has 2 aromatic heterocycles. The summed E-state index contributed by atoms with van der Waals surface area (Å²) in [5.74, 6) is -1.68. The highest BCUT2D eigenvalue weighted by atomic mass is 35.5. The van der Waals surface area contributed by atoms with Gasteiger partial charge in [0.25, 0.3) is 5.91 Å². The third-order valence-corrected chi connectivity index (χ3v) is 10.7. The fourth-order valence-corrected chi connectivity index (χ4v) is 7.21. The zero-order valence-electron chi connectivity index (χ0n) is 23.8. The molecular weight excluding hydrogens is 621 g/mol. The molecule has 0 saturated carbocycles. The number of aryl methyl sites for hydroxylation is 1. The number of aromatic nitrogens is 2. The molecular formula is C29H30ClF2N4O5PS. The van der Waals surface area contributed by atoms with Crippen molar-refractivity contribution in [3.63, 3.8) is 0 Å². The van der Waals surface area contributed by atoms with Crippen molar-refractivity contribution in [1.82, 2.24) is 9.55 Å². The van der Waals surface area contributed by atoms with Crippen LogP contribution >= 0.6 is 18.7 Å². The van der Waals surface area contributed by atoms with Gasteiger partial charge in [-0.1, -0.05) is 25.4 Å². The monoisotopic (exact) mass is 650 g/mol. The standard InChI is InChI=1S/C29H30ClF2N4O5PS/c1-5-42(38,6-2)25-8-18(7-21(31)12-25)17-41-27-13-22(32)15-33-28(27)26-9-19(16-36(26)3)29(37)34-23-10-20(30)11-24(14-23)35-43(4,39)40/h7-16,35H,5-6,17H2,1-4H3,(H,34,37). The summed E-state index contributed by atoms with van der Waals surface area (Å²) in [7, 11) is -4.65. The fourth-order valence-electron chi connectivity index (χ4n) is 4.49. The van der Waals surface area contributed by atoms with E-state index in [-0.39, 0.29) is 40.0 Å². The largest absolute Gasteiger partial charge is 0.486 e. The Bertz CT molecular complexity index is 1840. The van der Waals surface area contributed by atoms with Crippen LogP contribution in [-0.4, -0.2) is 42.5 Å². The number of sulfonamides is 1. The van der Waals surface area contributed by atoms with Gasteiger partial charge >= 0.3 is 0 Å². The fraction of sp³-hybridized carbons (Fsp3) is 0.241. The van der Waals surface area contributed by atoms with Gasteiger partial charge in [0.1, 0.15) is 31.1 Å². The number of halogens is 3. The maximum Gasteiger partial charge on any atom is 0.257 e. The molecule has 0 aliphatic heterocycles. The maximum atomic E-state index is 14.4. The first kappa shape index (κ1) is 32.2. The van der Waals surface area contributed by atoms with Crippen molar-refractivity contribution in [2.75, 3.05) is 28.6 Å². The predicted molar refractivity (Wildman–Crippen MR) is 166 cm³/mol. The Morgan fingerprint density at radius 1 is 1.02 bits per heavy atom. The molecule has 0 unspecified atom stereocenters. The Morgan fingerprint density at radius 2 is 1.72 bits per heavy atom. The highest BCUT2D eigenvalue weighted by Crippen LogP contribution is 2.43. The Hall–Kier alpha value is -3.73. The summed E-state index contributed by atoms with van der Waals surface area (Å²) in [5, 5.41) is 3.30. The average Bonchev–Trinajstić information content (AvgIpc) is 3.31. The van der Waals surface area contributed by atoms with Crippen LogP contribution in [0.4, 0.5) is 20.2 Å². The zero-order valence-corrected chi connectivity index (χ0v) is 26.3. The van der Waals surface area contributed by atoms with Crippen LogP contribution in [0.25, 0.3) is 11.4 Å². The van der Waals surface area contributed by atoms with Crippen LogP contribution in [-0.2, 0) is 28.2 Å². The molecule has 14 heteroatoms. The lowest BCUT2D eigenvalue weighted by Gasteiger charge is -2.17. The molecule has 0 bridgehead atoms. The molecule has 1 amide bonds. The first-order valence-electron chi connectivity index (χ1n) is 13.1. The van der Waals surface area contributed by atoms with Crippen molar-refractivity contribution >= 4 is 51.4 Å². The molecule has 228 valence electrons. The predicted octanol–water partition coefficient (Wildman–Crippen LogP) is 6.25. The van der Waals surface area contributed by atoms with Gasteiger partial charge in [0.2, 0.25) is 10.0 Å². The summed E-state index contributed by atoms with van der Waals surface area (Å²) in [6.07, 6.45) is 4.32. The number of anilines is 2. The van der Waals surface area contributed by atoms with E-state index in [4.69, 9.17) is 16.3 Å². The minimum atomic E-state index is -3.57. The van der Waals surface area contributed by atoms with Gasteiger partial charge in [-0.05, 0) is 48.0 Å². The second kappa shape index (κ2) is 12.9. The van der Waals surface area contributed by atoms with E-state index in [2.05, 4.69) is 15.0 Å². The normalized spacial score (nSPS) is 11.8. The molecule has 0 fully saturated rings. The number of nitrogens with zero attached hydrogens (tertiary/aromatic N) is 2. The number of carbonyl (C=O) groups excluding carboxylic acids is 1. The van der Waals surface area contributed by atoms with Crippen molar-refractivity contribution in [1.29, 1.82) is 0 Å². The van der Waals surface area contributed by atoms with E-state index < -0.39 is 34.7 Å². The SMILES string of the molecule is CCP(=O)(CC)c1cc(F)cc(COc2cc(F)cnc2-c2cc(C(=O)Nc3cc(Cl)cc(NS(C)(=O)=O)c3)cn2C)c1. The second-order valence-electron chi connectivity index (χ2n) is 9.91. The van der Waals surface area contributed by atoms with E-state index in [9.17, 15) is 26.6 Å². The summed E-state index contributed by atoms with van der Waals surface area (Å²) in [5.41, 5.74) is 1.72. The van der Waals surface area contributed by atoms with Gasteiger partial charge in [0, 0.05) is 47.6 Å². The smallest absolute Gasteiger partial charge is 0.257 e. The van der Waals surface area contributed by atoms with Crippen molar-refractivity contribution in [3.05, 3.63) is 88.7 Å². The van der Waals surface area contributed by atoms with Crippen LogP contribution in [0, 0.1) is 11.6 Å². The van der Waals surface area contributed by atoms with Gasteiger partial charge in [-0.15, -0.1) is 0 Å². The topological polar surface area (TPSA) is 119 Å². The number of rotatable bonds is 11. The van der Waals surface area contributed by atoms with Crippen LogP contribution in [0.1, 0.15) is 29.8 Å². The molecule has 4 rings (SSSR count). The molecule has 0 aliphatic rings. The van der Waals surface area contributed by atoms with Crippen molar-refractivity contribution in [3.8, 4) is 17.1 Å². The zero-order chi connectivity index (χ0) is 31.5. The molecule has 0 radical (unpaired) electrons. The molecule has 0 spiro atoms. The Kier molecular flexibility index (Phi) is 9.63. The Labute approximate surface area is 253 Å². The number of nitrogens with one attached hydrogen (secondary N) is 2. The van der Waals surface area contributed by atoms with E-state index >= 15 is 0 Å². The summed E-state index contributed by atoms with van der Waals surface area (Å²) in [6.45, 7) is 3.45. The number of ether oxygens (including phenoxy) is 1. The van der Waals surface area contributed by atoms with Gasteiger partial charge in [0.05, 0.1) is 29.4 Å². The van der Waals surface area contributed by atoms with E-state index in [1.807, 2.05) is 0 Å². The van der Waals surface area contributed by atoms with Crippen molar-refractivity contribution in [2.24, 2.45) is 7.05 Å². The number of carbonyl (C=O) groups is 1. The summed E-state index contributed by atoms with van der Waals surface area (Å²) in [6, 6.07) is 11.1. The van der Waals surface area contributed by atoms with Crippen LogP contribution < -0.4 is 20.1 Å². The quantitative estimate of drug-likeness (QED) is 0.185. The Morgan fingerprint density at radius 3 is 2.40 bits per heavy atom. The summed E-state index contributed by atoms with van der Waals surface area (Å²) < 4.78 is 74.9. The van der Waals surface area contributed by atoms with Gasteiger partial charge in [-0.2, -0.15) is 0 Å². The first-order valence-corrected chi connectivity index (χ1v) is 17.5. The molecule has 0 saturated heterocycles. The van der Waals surface area contributed by atoms with E-state index in [0.717, 1.165) is 18.5 Å². The number of amides is 1. The molecule has 43 heavy (non-hydrogen) atoms. The molecule has 2 N–H and O–H groups in total. The number of hydrogen-bond donors (Lipinski definition) is 2.